The topological polar surface area (TPSA) is 17.1 Å². The summed E-state index contributed by atoms with van der Waals surface area (Å²) in [5.74, 6) is 0.824. The summed E-state index contributed by atoms with van der Waals surface area (Å²) in [7, 11) is 0. The molecule has 0 aliphatic rings. The summed E-state index contributed by atoms with van der Waals surface area (Å²) < 4.78 is 13.3. The molecular formula is C14H19FOS. The first kappa shape index (κ1) is 14.2. The number of ketones is 1. The molecule has 0 heterocycles. The van der Waals surface area contributed by atoms with Crippen molar-refractivity contribution in [3.8, 4) is 0 Å². The Hall–Kier alpha value is -0.830. The second kappa shape index (κ2) is 6.80. The Morgan fingerprint density at radius 3 is 2.53 bits per heavy atom. The van der Waals surface area contributed by atoms with E-state index in [1.165, 1.54) is 6.07 Å². The molecule has 0 aromatic heterocycles. The van der Waals surface area contributed by atoms with Gasteiger partial charge in [0.05, 0.1) is 5.75 Å². The molecule has 0 aliphatic carbocycles. The van der Waals surface area contributed by atoms with Gasteiger partial charge in [-0.1, -0.05) is 39.0 Å². The molecule has 0 N–H and O–H groups in total. The van der Waals surface area contributed by atoms with Gasteiger partial charge in [0.1, 0.15) is 11.6 Å². The molecule has 1 atom stereocenters. The fraction of sp³-hybridized carbons (Fsp3) is 0.500. The Labute approximate surface area is 107 Å². The first-order valence-corrected chi connectivity index (χ1v) is 6.92. The third-order valence-electron chi connectivity index (χ3n) is 2.79. The van der Waals surface area contributed by atoms with Crippen LogP contribution in [0.15, 0.2) is 24.3 Å². The van der Waals surface area contributed by atoms with Gasteiger partial charge in [-0.15, -0.1) is 0 Å². The van der Waals surface area contributed by atoms with Crippen molar-refractivity contribution in [3.63, 3.8) is 0 Å². The molecule has 0 fully saturated rings. The summed E-state index contributed by atoms with van der Waals surface area (Å²) >= 11 is 1.65. The van der Waals surface area contributed by atoms with Crippen LogP contribution in [-0.4, -0.2) is 16.8 Å². The molecule has 94 valence electrons. The molecule has 3 heteroatoms. The highest BCUT2D eigenvalue weighted by molar-refractivity contribution is 8.00. The zero-order valence-electron chi connectivity index (χ0n) is 10.6. The third kappa shape index (κ3) is 4.90. The number of halogens is 1. The predicted octanol–water partition coefficient (Wildman–Crippen LogP) is 3.72. The summed E-state index contributed by atoms with van der Waals surface area (Å²) in [5.41, 5.74) is 0.496. The minimum atomic E-state index is -0.289. The van der Waals surface area contributed by atoms with Crippen molar-refractivity contribution in [3.05, 3.63) is 35.6 Å². The summed E-state index contributed by atoms with van der Waals surface area (Å²) in [6, 6.07) is 6.46. The van der Waals surface area contributed by atoms with E-state index in [9.17, 15) is 9.18 Å². The standard InChI is InChI=1S/C14H19FOS/c1-10(2)11(3)17-9-13(16)8-12-6-4-5-7-14(12)15/h4-7,10-11H,8-9H2,1-3H3. The van der Waals surface area contributed by atoms with Crippen molar-refractivity contribution < 1.29 is 9.18 Å². The number of carbonyl (C=O) groups excluding carboxylic acids is 1. The second-order valence-corrected chi connectivity index (χ2v) is 5.93. The molecule has 1 unspecified atom stereocenters. The lowest BCUT2D eigenvalue weighted by Crippen LogP contribution is -2.13. The van der Waals surface area contributed by atoms with Crippen LogP contribution in [0, 0.1) is 11.7 Å². The van der Waals surface area contributed by atoms with Gasteiger partial charge < -0.3 is 0 Å². The molecule has 1 rings (SSSR count). The highest BCUT2D eigenvalue weighted by atomic mass is 32.2. The fourth-order valence-corrected chi connectivity index (χ4v) is 2.26. The van der Waals surface area contributed by atoms with Gasteiger partial charge in [0.15, 0.2) is 0 Å². The number of hydrogen-bond acceptors (Lipinski definition) is 2. The van der Waals surface area contributed by atoms with Gasteiger partial charge >= 0.3 is 0 Å². The van der Waals surface area contributed by atoms with Gasteiger partial charge in [-0.3, -0.25) is 4.79 Å². The number of carbonyl (C=O) groups is 1. The minimum absolute atomic E-state index is 0.0904. The van der Waals surface area contributed by atoms with E-state index in [1.54, 1.807) is 30.0 Å². The average Bonchev–Trinajstić information content (AvgIpc) is 2.29. The third-order valence-corrected chi connectivity index (χ3v) is 4.35. The predicted molar refractivity (Wildman–Crippen MR) is 71.9 cm³/mol. The van der Waals surface area contributed by atoms with Crippen LogP contribution in [0.2, 0.25) is 0 Å². The lowest BCUT2D eigenvalue weighted by atomic mass is 10.1. The van der Waals surface area contributed by atoms with E-state index >= 15 is 0 Å². The first-order valence-electron chi connectivity index (χ1n) is 5.87. The van der Waals surface area contributed by atoms with Crippen LogP contribution in [-0.2, 0) is 11.2 Å². The Morgan fingerprint density at radius 1 is 1.29 bits per heavy atom. The van der Waals surface area contributed by atoms with E-state index in [-0.39, 0.29) is 18.0 Å². The monoisotopic (exact) mass is 254 g/mol. The Morgan fingerprint density at radius 2 is 1.94 bits per heavy atom. The Bertz CT molecular complexity index is 376. The quantitative estimate of drug-likeness (QED) is 0.769. The lowest BCUT2D eigenvalue weighted by molar-refractivity contribution is -0.116. The summed E-state index contributed by atoms with van der Waals surface area (Å²) in [5, 5.41) is 0.458. The maximum atomic E-state index is 13.3. The van der Waals surface area contributed by atoms with Gasteiger partial charge in [-0.25, -0.2) is 4.39 Å². The summed E-state index contributed by atoms with van der Waals surface area (Å²) in [6.07, 6.45) is 0.199. The van der Waals surface area contributed by atoms with Crippen molar-refractivity contribution in [1.29, 1.82) is 0 Å². The molecule has 0 saturated heterocycles. The van der Waals surface area contributed by atoms with Crippen LogP contribution in [0.1, 0.15) is 26.3 Å². The largest absolute Gasteiger partial charge is 0.298 e. The summed E-state index contributed by atoms with van der Waals surface area (Å²) in [4.78, 5) is 11.7. The highest BCUT2D eigenvalue weighted by Gasteiger charge is 2.12. The molecule has 1 aromatic rings. The number of hydrogen-bond donors (Lipinski definition) is 0. The van der Waals surface area contributed by atoms with Crippen LogP contribution >= 0.6 is 11.8 Å². The van der Waals surface area contributed by atoms with Crippen molar-refractivity contribution in [2.45, 2.75) is 32.4 Å². The SMILES string of the molecule is CC(C)C(C)SCC(=O)Cc1ccccc1F. The zero-order valence-corrected chi connectivity index (χ0v) is 11.4. The van der Waals surface area contributed by atoms with Gasteiger partial charge in [0.25, 0.3) is 0 Å². The highest BCUT2D eigenvalue weighted by Crippen LogP contribution is 2.19. The van der Waals surface area contributed by atoms with Crippen LogP contribution < -0.4 is 0 Å². The van der Waals surface area contributed by atoms with E-state index in [2.05, 4.69) is 20.8 Å². The maximum absolute atomic E-state index is 13.3. The van der Waals surface area contributed by atoms with Gasteiger partial charge in [-0.05, 0) is 17.5 Å². The Kier molecular flexibility index (Phi) is 5.69. The molecule has 0 aliphatic heterocycles. The molecule has 0 bridgehead atoms. The number of Topliss-reactive ketones (excluding diaryl/α,β-unsaturated/α-hetero) is 1. The van der Waals surface area contributed by atoms with E-state index < -0.39 is 0 Å². The van der Waals surface area contributed by atoms with E-state index in [0.29, 0.717) is 22.5 Å². The van der Waals surface area contributed by atoms with Crippen LogP contribution in [0.25, 0.3) is 0 Å². The first-order chi connectivity index (χ1) is 8.00. The molecular weight excluding hydrogens is 235 g/mol. The van der Waals surface area contributed by atoms with Crippen molar-refractivity contribution in [2.75, 3.05) is 5.75 Å². The van der Waals surface area contributed by atoms with Crippen LogP contribution in [0.5, 0.6) is 0 Å². The number of rotatable bonds is 6. The van der Waals surface area contributed by atoms with Crippen molar-refractivity contribution >= 4 is 17.5 Å². The van der Waals surface area contributed by atoms with Gasteiger partial charge in [-0.2, -0.15) is 11.8 Å². The number of benzene rings is 1. The normalized spacial score (nSPS) is 12.8. The fourth-order valence-electron chi connectivity index (χ4n) is 1.32. The maximum Gasteiger partial charge on any atom is 0.147 e. The van der Waals surface area contributed by atoms with Gasteiger partial charge in [0.2, 0.25) is 0 Å². The van der Waals surface area contributed by atoms with E-state index in [4.69, 9.17) is 0 Å². The number of thioether (sulfide) groups is 1. The Balaban J connectivity index is 2.43. The van der Waals surface area contributed by atoms with E-state index in [1.807, 2.05) is 0 Å². The molecule has 1 aromatic carbocycles. The van der Waals surface area contributed by atoms with Gasteiger partial charge in [0, 0.05) is 11.7 Å². The molecule has 0 amide bonds. The minimum Gasteiger partial charge on any atom is -0.298 e. The average molecular weight is 254 g/mol. The summed E-state index contributed by atoms with van der Waals surface area (Å²) in [6.45, 7) is 6.39. The van der Waals surface area contributed by atoms with E-state index in [0.717, 1.165) is 0 Å². The van der Waals surface area contributed by atoms with Crippen LogP contribution in [0.3, 0.4) is 0 Å². The lowest BCUT2D eigenvalue weighted by Gasteiger charge is -2.14. The van der Waals surface area contributed by atoms with Crippen molar-refractivity contribution in [2.24, 2.45) is 5.92 Å². The molecule has 0 radical (unpaired) electrons. The molecule has 17 heavy (non-hydrogen) atoms. The second-order valence-electron chi connectivity index (χ2n) is 4.57. The van der Waals surface area contributed by atoms with Crippen LogP contribution in [0.4, 0.5) is 4.39 Å². The molecule has 1 nitrogen and oxygen atoms in total. The zero-order chi connectivity index (χ0) is 12.8. The van der Waals surface area contributed by atoms with Crippen molar-refractivity contribution in [1.82, 2.24) is 0 Å². The molecule has 0 saturated carbocycles. The molecule has 0 spiro atoms. The smallest absolute Gasteiger partial charge is 0.147 e.